The molecule has 0 amide bonds. The molecule has 3 aliphatic rings. The highest BCUT2D eigenvalue weighted by atomic mass is 16.8. The number of ether oxygens (including phenoxy) is 5. The van der Waals surface area contributed by atoms with Crippen LogP contribution in [0.15, 0.2) is 0 Å². The van der Waals surface area contributed by atoms with Gasteiger partial charge in [-0.15, -0.1) is 0 Å². The van der Waals surface area contributed by atoms with Crippen LogP contribution in [0.5, 0.6) is 0 Å². The molecule has 0 saturated carbocycles. The fourth-order valence-corrected chi connectivity index (χ4v) is 3.20. The molecule has 5 atom stereocenters. The van der Waals surface area contributed by atoms with Gasteiger partial charge in [0.1, 0.15) is 12.2 Å². The number of fused-ring (bicyclic) bond motifs is 3. The molecule has 0 radical (unpaired) electrons. The van der Waals surface area contributed by atoms with Crippen molar-refractivity contribution in [2.45, 2.75) is 70.3 Å². The first-order valence-corrected chi connectivity index (χ1v) is 7.25. The normalized spacial score (nSPS) is 45.8. The predicted octanol–water partition coefficient (Wildman–Crippen LogP) is 1.01. The Morgan fingerprint density at radius 1 is 0.950 bits per heavy atom. The number of aliphatic hydroxyl groups excluding tert-OH is 1. The second-order valence-electron chi connectivity index (χ2n) is 6.63. The Morgan fingerprint density at radius 3 is 2.35 bits per heavy atom. The Hall–Kier alpha value is -0.240. The van der Waals surface area contributed by atoms with Crippen molar-refractivity contribution in [3.63, 3.8) is 0 Å². The third-order valence-electron chi connectivity index (χ3n) is 4.06. The molecule has 0 aromatic carbocycles. The van der Waals surface area contributed by atoms with Crippen LogP contribution in [-0.4, -0.2) is 54.5 Å². The number of aliphatic hydroxyl groups is 1. The highest BCUT2D eigenvalue weighted by Crippen LogP contribution is 2.44. The molecule has 1 N–H and O–H groups in total. The van der Waals surface area contributed by atoms with E-state index in [1.807, 2.05) is 27.7 Å². The summed E-state index contributed by atoms with van der Waals surface area (Å²) in [6.45, 7) is 8.11. The fraction of sp³-hybridized carbons (Fsp3) is 1.00. The molecule has 0 bridgehead atoms. The lowest BCUT2D eigenvalue weighted by molar-refractivity contribution is -0.253. The number of hydrogen-bond donors (Lipinski definition) is 1. The lowest BCUT2D eigenvalue weighted by atomic mass is 9.95. The second-order valence-corrected chi connectivity index (χ2v) is 6.63. The van der Waals surface area contributed by atoms with Crippen molar-refractivity contribution < 1.29 is 28.8 Å². The molecule has 0 aliphatic carbocycles. The summed E-state index contributed by atoms with van der Waals surface area (Å²) >= 11 is 0. The van der Waals surface area contributed by atoms with Gasteiger partial charge in [0.05, 0.1) is 12.7 Å². The van der Waals surface area contributed by atoms with E-state index in [-0.39, 0.29) is 30.8 Å². The van der Waals surface area contributed by atoms with Gasteiger partial charge >= 0.3 is 0 Å². The van der Waals surface area contributed by atoms with Gasteiger partial charge in [-0.1, -0.05) is 0 Å². The smallest absolute Gasteiger partial charge is 0.190 e. The summed E-state index contributed by atoms with van der Waals surface area (Å²) < 4.78 is 29.6. The molecule has 6 heteroatoms. The van der Waals surface area contributed by atoms with Crippen molar-refractivity contribution >= 4 is 0 Å². The van der Waals surface area contributed by atoms with Crippen molar-refractivity contribution in [1.82, 2.24) is 0 Å². The summed E-state index contributed by atoms with van der Waals surface area (Å²) in [5, 5.41) is 9.23. The summed E-state index contributed by atoms with van der Waals surface area (Å²) in [5.41, 5.74) is 0. The van der Waals surface area contributed by atoms with Crippen molar-refractivity contribution in [2.24, 2.45) is 5.92 Å². The standard InChI is InChI=1S/C14H24O6/c1-13(2)16-7-8(5-6-15)9-10(18-13)11-12(17-9)20-14(3,4)19-11/h8-12,15H,5-7H2,1-4H3/t8-,9-,10+,11+,12+/m0/s1. The zero-order chi connectivity index (χ0) is 14.5. The summed E-state index contributed by atoms with van der Waals surface area (Å²) in [5.74, 6) is -1.28. The molecule has 3 heterocycles. The number of rotatable bonds is 2. The van der Waals surface area contributed by atoms with E-state index in [1.54, 1.807) is 0 Å². The summed E-state index contributed by atoms with van der Waals surface area (Å²) in [4.78, 5) is 0. The Labute approximate surface area is 119 Å². The van der Waals surface area contributed by atoms with E-state index in [1.165, 1.54) is 0 Å². The van der Waals surface area contributed by atoms with Gasteiger partial charge in [-0.2, -0.15) is 0 Å². The first-order valence-electron chi connectivity index (χ1n) is 7.25. The van der Waals surface area contributed by atoms with Gasteiger partial charge in [0.2, 0.25) is 0 Å². The topological polar surface area (TPSA) is 66.4 Å². The van der Waals surface area contributed by atoms with E-state index >= 15 is 0 Å². The zero-order valence-corrected chi connectivity index (χ0v) is 12.5. The van der Waals surface area contributed by atoms with E-state index in [0.29, 0.717) is 13.0 Å². The van der Waals surface area contributed by atoms with Crippen molar-refractivity contribution in [1.29, 1.82) is 0 Å². The van der Waals surface area contributed by atoms with Crippen LogP contribution < -0.4 is 0 Å². The minimum atomic E-state index is -0.693. The van der Waals surface area contributed by atoms with E-state index < -0.39 is 17.9 Å². The Morgan fingerprint density at radius 2 is 1.65 bits per heavy atom. The lowest BCUT2D eigenvalue weighted by Crippen LogP contribution is -2.42. The average molecular weight is 288 g/mol. The Balaban J connectivity index is 1.83. The summed E-state index contributed by atoms with van der Waals surface area (Å²) in [7, 11) is 0. The van der Waals surface area contributed by atoms with Crippen molar-refractivity contribution in [3.05, 3.63) is 0 Å². The monoisotopic (exact) mass is 288 g/mol. The van der Waals surface area contributed by atoms with Crippen LogP contribution in [0, 0.1) is 5.92 Å². The molecular weight excluding hydrogens is 264 g/mol. The first kappa shape index (κ1) is 14.7. The molecule has 116 valence electrons. The highest BCUT2D eigenvalue weighted by Gasteiger charge is 2.59. The minimum Gasteiger partial charge on any atom is -0.396 e. The fourth-order valence-electron chi connectivity index (χ4n) is 3.20. The molecule has 6 nitrogen and oxygen atoms in total. The van der Waals surface area contributed by atoms with E-state index in [2.05, 4.69) is 0 Å². The molecule has 0 aromatic heterocycles. The van der Waals surface area contributed by atoms with Crippen molar-refractivity contribution in [2.75, 3.05) is 13.2 Å². The van der Waals surface area contributed by atoms with Crippen LogP contribution in [-0.2, 0) is 23.7 Å². The Bertz CT molecular complexity index is 369. The largest absolute Gasteiger partial charge is 0.396 e. The molecule has 0 spiro atoms. The molecule has 0 unspecified atom stereocenters. The van der Waals surface area contributed by atoms with E-state index in [9.17, 15) is 5.11 Å². The molecule has 3 saturated heterocycles. The van der Waals surface area contributed by atoms with Gasteiger partial charge < -0.3 is 28.8 Å². The first-order chi connectivity index (χ1) is 9.31. The SMILES string of the molecule is CC1(C)OC[C@H](CCO)[C@@H]2O[C@@H]3OC(C)(C)O[C@@H]3[C@@H]2O1. The highest BCUT2D eigenvalue weighted by molar-refractivity contribution is 4.98. The van der Waals surface area contributed by atoms with Crippen LogP contribution in [0.25, 0.3) is 0 Å². The molecule has 3 aliphatic heterocycles. The molecule has 3 fully saturated rings. The van der Waals surface area contributed by atoms with E-state index in [0.717, 1.165) is 0 Å². The van der Waals surface area contributed by atoms with Gasteiger partial charge in [0, 0.05) is 12.5 Å². The minimum absolute atomic E-state index is 0.0766. The number of hydrogen-bond acceptors (Lipinski definition) is 6. The molecule has 3 rings (SSSR count). The van der Waals surface area contributed by atoms with Crippen LogP contribution in [0.2, 0.25) is 0 Å². The molecule has 0 aromatic rings. The molecular formula is C14H24O6. The van der Waals surface area contributed by atoms with Gasteiger partial charge in [-0.3, -0.25) is 0 Å². The molecule has 20 heavy (non-hydrogen) atoms. The van der Waals surface area contributed by atoms with Gasteiger partial charge in [-0.25, -0.2) is 0 Å². The van der Waals surface area contributed by atoms with Crippen LogP contribution in [0.4, 0.5) is 0 Å². The summed E-state index contributed by atoms with van der Waals surface area (Å²) in [6, 6.07) is 0. The van der Waals surface area contributed by atoms with Crippen LogP contribution >= 0.6 is 0 Å². The van der Waals surface area contributed by atoms with Crippen LogP contribution in [0.3, 0.4) is 0 Å². The quantitative estimate of drug-likeness (QED) is 0.818. The van der Waals surface area contributed by atoms with Gasteiger partial charge in [0.25, 0.3) is 0 Å². The lowest BCUT2D eigenvalue weighted by Gasteiger charge is -2.30. The van der Waals surface area contributed by atoms with Gasteiger partial charge in [0.15, 0.2) is 17.9 Å². The summed E-state index contributed by atoms with van der Waals surface area (Å²) in [6.07, 6.45) is -0.457. The predicted molar refractivity (Wildman–Crippen MR) is 68.8 cm³/mol. The average Bonchev–Trinajstić information content (AvgIpc) is 2.74. The third-order valence-corrected chi connectivity index (χ3v) is 4.06. The third kappa shape index (κ3) is 2.61. The second kappa shape index (κ2) is 4.90. The maximum Gasteiger partial charge on any atom is 0.190 e. The van der Waals surface area contributed by atoms with Crippen molar-refractivity contribution in [3.8, 4) is 0 Å². The Kier molecular flexibility index (Phi) is 3.60. The van der Waals surface area contributed by atoms with Crippen LogP contribution in [0.1, 0.15) is 34.1 Å². The van der Waals surface area contributed by atoms with Gasteiger partial charge in [-0.05, 0) is 34.1 Å². The van der Waals surface area contributed by atoms with E-state index in [4.69, 9.17) is 23.7 Å². The maximum absolute atomic E-state index is 9.23. The zero-order valence-electron chi connectivity index (χ0n) is 12.5. The maximum atomic E-state index is 9.23.